The first-order valence-electron chi connectivity index (χ1n) is 10.4. The first-order valence-corrected chi connectivity index (χ1v) is 10.4. The summed E-state index contributed by atoms with van der Waals surface area (Å²) in [5, 5.41) is 4.36. The number of carbonyl (C=O) groups is 1. The number of benzene rings is 1. The summed E-state index contributed by atoms with van der Waals surface area (Å²) in [4.78, 5) is 18.2. The molecule has 1 amide bonds. The Morgan fingerprint density at radius 3 is 2.77 bits per heavy atom. The second-order valence-corrected chi connectivity index (χ2v) is 8.19. The van der Waals surface area contributed by atoms with Gasteiger partial charge in [0.15, 0.2) is 0 Å². The molecule has 2 aromatic rings. The highest BCUT2D eigenvalue weighted by molar-refractivity contribution is 5.96. The van der Waals surface area contributed by atoms with Crippen LogP contribution in [-0.4, -0.2) is 35.4 Å². The fourth-order valence-electron chi connectivity index (χ4n) is 3.93. The Kier molecular flexibility index (Phi) is 5.30. The van der Waals surface area contributed by atoms with Crippen LogP contribution in [0.5, 0.6) is 0 Å². The van der Waals surface area contributed by atoms with E-state index in [1.165, 1.54) is 49.7 Å². The Balaban J connectivity index is 1.42. The number of anilines is 1. The van der Waals surface area contributed by atoms with Crippen molar-refractivity contribution >= 4 is 22.5 Å². The van der Waals surface area contributed by atoms with Gasteiger partial charge in [-0.2, -0.15) is 0 Å². The molecule has 4 heteroatoms. The summed E-state index contributed by atoms with van der Waals surface area (Å²) in [5.41, 5.74) is 3.45. The number of fused-ring (bicyclic) bond motifs is 1. The predicted octanol–water partition coefficient (Wildman–Crippen LogP) is 4.57. The average molecular weight is 354 g/mol. The molecule has 2 fully saturated rings. The molecule has 0 aliphatic heterocycles. The van der Waals surface area contributed by atoms with Crippen LogP contribution in [0.25, 0.3) is 10.9 Å². The van der Waals surface area contributed by atoms with Crippen molar-refractivity contribution in [2.75, 3.05) is 25.0 Å². The first kappa shape index (κ1) is 17.6. The largest absolute Gasteiger partial charge is 0.361 e. The van der Waals surface area contributed by atoms with E-state index in [4.69, 9.17) is 0 Å². The molecule has 1 heterocycles. The molecule has 4 rings (SSSR count). The van der Waals surface area contributed by atoms with Gasteiger partial charge < -0.3 is 15.2 Å². The van der Waals surface area contributed by atoms with Crippen LogP contribution in [0, 0.1) is 11.8 Å². The van der Waals surface area contributed by atoms with Crippen molar-refractivity contribution in [3.8, 4) is 0 Å². The van der Waals surface area contributed by atoms with E-state index < -0.39 is 0 Å². The van der Waals surface area contributed by atoms with Gasteiger partial charge >= 0.3 is 0 Å². The van der Waals surface area contributed by atoms with Crippen molar-refractivity contribution in [1.29, 1.82) is 0 Å². The SMILES string of the molecule is CCCN(CCc1c[nH]c2ccc(NC(=O)C3CCC3)cc12)CC1CC1. The van der Waals surface area contributed by atoms with E-state index in [1.54, 1.807) is 0 Å². The van der Waals surface area contributed by atoms with Gasteiger partial charge in [0.05, 0.1) is 0 Å². The van der Waals surface area contributed by atoms with Crippen molar-refractivity contribution in [1.82, 2.24) is 9.88 Å². The smallest absolute Gasteiger partial charge is 0.227 e. The Morgan fingerprint density at radius 1 is 1.23 bits per heavy atom. The summed E-state index contributed by atoms with van der Waals surface area (Å²) < 4.78 is 0. The second kappa shape index (κ2) is 7.83. The third-order valence-corrected chi connectivity index (χ3v) is 5.96. The summed E-state index contributed by atoms with van der Waals surface area (Å²) in [5.74, 6) is 1.35. The predicted molar refractivity (Wildman–Crippen MR) is 107 cm³/mol. The van der Waals surface area contributed by atoms with Crippen molar-refractivity contribution in [3.05, 3.63) is 30.0 Å². The number of nitrogens with one attached hydrogen (secondary N) is 2. The standard InChI is InChI=1S/C22H31N3O/c1-2-11-25(15-16-6-7-16)12-10-18-14-23-21-9-8-19(13-20(18)21)24-22(26)17-4-3-5-17/h8-9,13-14,16-17,23H,2-7,10-12,15H2,1H3,(H,24,26). The monoisotopic (exact) mass is 353 g/mol. The van der Waals surface area contributed by atoms with E-state index in [1.807, 2.05) is 6.07 Å². The molecule has 0 radical (unpaired) electrons. The molecule has 2 saturated carbocycles. The van der Waals surface area contributed by atoms with Crippen LogP contribution >= 0.6 is 0 Å². The molecule has 0 unspecified atom stereocenters. The Hall–Kier alpha value is -1.81. The molecule has 0 atom stereocenters. The summed E-state index contributed by atoms with van der Waals surface area (Å²) in [6, 6.07) is 6.24. The van der Waals surface area contributed by atoms with E-state index in [9.17, 15) is 4.79 Å². The highest BCUT2D eigenvalue weighted by atomic mass is 16.1. The third-order valence-electron chi connectivity index (χ3n) is 5.96. The maximum absolute atomic E-state index is 12.2. The lowest BCUT2D eigenvalue weighted by Gasteiger charge is -2.24. The zero-order chi connectivity index (χ0) is 17.9. The molecule has 140 valence electrons. The molecular formula is C22H31N3O. The summed E-state index contributed by atoms with van der Waals surface area (Å²) in [6.45, 7) is 5.85. The lowest BCUT2D eigenvalue weighted by Crippen LogP contribution is -2.29. The number of aromatic amines is 1. The number of rotatable bonds is 9. The Morgan fingerprint density at radius 2 is 2.08 bits per heavy atom. The first-order chi connectivity index (χ1) is 12.7. The van der Waals surface area contributed by atoms with Crippen LogP contribution in [0.15, 0.2) is 24.4 Å². The number of aromatic nitrogens is 1. The van der Waals surface area contributed by atoms with E-state index in [0.717, 1.165) is 42.9 Å². The van der Waals surface area contributed by atoms with Gasteiger partial charge in [-0.05, 0) is 74.8 Å². The number of carbonyl (C=O) groups excluding carboxylic acids is 1. The van der Waals surface area contributed by atoms with Crippen molar-refractivity contribution in [2.45, 2.75) is 51.9 Å². The normalized spacial score (nSPS) is 17.6. The van der Waals surface area contributed by atoms with Crippen molar-refractivity contribution in [3.63, 3.8) is 0 Å². The Bertz CT molecular complexity index is 758. The fraction of sp³-hybridized carbons (Fsp3) is 0.591. The highest BCUT2D eigenvalue weighted by Gasteiger charge is 2.25. The number of hydrogen-bond acceptors (Lipinski definition) is 2. The number of nitrogens with zero attached hydrogens (tertiary/aromatic N) is 1. The van der Waals surface area contributed by atoms with E-state index in [-0.39, 0.29) is 11.8 Å². The maximum Gasteiger partial charge on any atom is 0.227 e. The van der Waals surface area contributed by atoms with Crippen LogP contribution < -0.4 is 5.32 Å². The molecule has 4 nitrogen and oxygen atoms in total. The van der Waals surface area contributed by atoms with Gasteiger partial charge in [0, 0.05) is 41.8 Å². The van der Waals surface area contributed by atoms with Crippen molar-refractivity contribution < 1.29 is 4.79 Å². The lowest BCUT2D eigenvalue weighted by molar-refractivity contribution is -0.122. The zero-order valence-electron chi connectivity index (χ0n) is 15.9. The van der Waals surface area contributed by atoms with E-state index in [0.29, 0.717) is 0 Å². The van der Waals surface area contributed by atoms with Crippen LogP contribution in [-0.2, 0) is 11.2 Å². The van der Waals surface area contributed by atoms with Gasteiger partial charge in [-0.3, -0.25) is 4.79 Å². The zero-order valence-corrected chi connectivity index (χ0v) is 15.9. The molecule has 1 aromatic heterocycles. The molecule has 0 spiro atoms. The lowest BCUT2D eigenvalue weighted by atomic mass is 9.85. The minimum atomic E-state index is 0.186. The third kappa shape index (κ3) is 4.12. The summed E-state index contributed by atoms with van der Waals surface area (Å²) in [7, 11) is 0. The summed E-state index contributed by atoms with van der Waals surface area (Å²) >= 11 is 0. The van der Waals surface area contributed by atoms with Gasteiger partial charge in [-0.15, -0.1) is 0 Å². The Labute approximate surface area is 156 Å². The van der Waals surface area contributed by atoms with E-state index in [2.05, 4.69) is 40.5 Å². The van der Waals surface area contributed by atoms with Gasteiger partial charge in [0.2, 0.25) is 5.91 Å². The fourth-order valence-corrected chi connectivity index (χ4v) is 3.93. The number of hydrogen-bond donors (Lipinski definition) is 2. The van der Waals surface area contributed by atoms with Crippen LogP contribution in [0.4, 0.5) is 5.69 Å². The van der Waals surface area contributed by atoms with Gasteiger partial charge in [-0.25, -0.2) is 0 Å². The molecule has 26 heavy (non-hydrogen) atoms. The summed E-state index contributed by atoms with van der Waals surface area (Å²) in [6.07, 6.45) is 10.5. The number of amides is 1. The molecule has 0 saturated heterocycles. The topological polar surface area (TPSA) is 48.1 Å². The quantitative estimate of drug-likeness (QED) is 0.694. The highest BCUT2D eigenvalue weighted by Crippen LogP contribution is 2.31. The molecule has 2 aliphatic rings. The van der Waals surface area contributed by atoms with E-state index >= 15 is 0 Å². The van der Waals surface area contributed by atoms with Crippen LogP contribution in [0.2, 0.25) is 0 Å². The van der Waals surface area contributed by atoms with Crippen LogP contribution in [0.1, 0.15) is 51.0 Å². The van der Waals surface area contributed by atoms with Gasteiger partial charge in [0.1, 0.15) is 0 Å². The molecule has 2 aliphatic carbocycles. The minimum Gasteiger partial charge on any atom is -0.361 e. The van der Waals surface area contributed by atoms with Crippen LogP contribution in [0.3, 0.4) is 0 Å². The van der Waals surface area contributed by atoms with Gasteiger partial charge in [-0.1, -0.05) is 13.3 Å². The number of H-pyrrole nitrogens is 1. The van der Waals surface area contributed by atoms with Gasteiger partial charge in [0.25, 0.3) is 0 Å². The second-order valence-electron chi connectivity index (χ2n) is 8.19. The average Bonchev–Trinajstić information content (AvgIpc) is 3.30. The molecule has 1 aromatic carbocycles. The molecule has 2 N–H and O–H groups in total. The molecule has 0 bridgehead atoms. The minimum absolute atomic E-state index is 0.186. The molecular weight excluding hydrogens is 322 g/mol. The maximum atomic E-state index is 12.2. The van der Waals surface area contributed by atoms with Crippen molar-refractivity contribution in [2.24, 2.45) is 11.8 Å².